The second kappa shape index (κ2) is 7.90. The number of hydrogen-bond donors (Lipinski definition) is 1. The normalized spacial score (nSPS) is 9.55. The van der Waals surface area contributed by atoms with Crippen LogP contribution in [0.15, 0.2) is 48.5 Å². The molecule has 2 aromatic rings. The number of nitrogens with one attached hydrogen (secondary N) is 1. The summed E-state index contributed by atoms with van der Waals surface area (Å²) in [5.74, 6) is 6.46. The molecule has 22 heavy (non-hydrogen) atoms. The summed E-state index contributed by atoms with van der Waals surface area (Å²) in [4.78, 5) is 11.7. The van der Waals surface area contributed by atoms with Gasteiger partial charge in [0.05, 0.1) is 6.54 Å². The van der Waals surface area contributed by atoms with E-state index in [1.54, 1.807) is 0 Å². The van der Waals surface area contributed by atoms with E-state index in [4.69, 9.17) is 4.74 Å². The van der Waals surface area contributed by atoms with Crippen LogP contribution < -0.4 is 10.1 Å². The molecule has 0 aliphatic heterocycles. The SMILES string of the molecule is Cc1ccc(C)c(OCC(=O)NCC#Cc2ccccc2)c1. The van der Waals surface area contributed by atoms with Crippen LogP contribution in [-0.4, -0.2) is 19.1 Å². The van der Waals surface area contributed by atoms with Crippen molar-refractivity contribution < 1.29 is 9.53 Å². The molecule has 112 valence electrons. The van der Waals surface area contributed by atoms with Crippen LogP contribution in [-0.2, 0) is 4.79 Å². The molecule has 0 aromatic heterocycles. The monoisotopic (exact) mass is 293 g/mol. The Morgan fingerprint density at radius 2 is 1.91 bits per heavy atom. The first-order valence-corrected chi connectivity index (χ1v) is 7.16. The highest BCUT2D eigenvalue weighted by Crippen LogP contribution is 2.18. The molecule has 0 unspecified atom stereocenters. The lowest BCUT2D eigenvalue weighted by Gasteiger charge is -2.09. The highest BCUT2D eigenvalue weighted by atomic mass is 16.5. The Morgan fingerprint density at radius 3 is 2.68 bits per heavy atom. The maximum atomic E-state index is 11.7. The summed E-state index contributed by atoms with van der Waals surface area (Å²) in [5.41, 5.74) is 3.06. The number of carbonyl (C=O) groups excluding carboxylic acids is 1. The molecule has 0 saturated carbocycles. The van der Waals surface area contributed by atoms with Crippen LogP contribution in [0, 0.1) is 25.7 Å². The average molecular weight is 293 g/mol. The van der Waals surface area contributed by atoms with Crippen LogP contribution in [0.25, 0.3) is 0 Å². The lowest BCUT2D eigenvalue weighted by molar-refractivity contribution is -0.122. The first-order valence-electron chi connectivity index (χ1n) is 7.16. The van der Waals surface area contributed by atoms with Crippen molar-refractivity contribution >= 4 is 5.91 Å². The fraction of sp³-hybridized carbons (Fsp3) is 0.211. The Hall–Kier alpha value is -2.73. The molecule has 3 nitrogen and oxygen atoms in total. The Balaban J connectivity index is 1.77. The average Bonchev–Trinajstić information content (AvgIpc) is 2.53. The molecule has 0 aliphatic carbocycles. The number of amides is 1. The topological polar surface area (TPSA) is 38.3 Å². The van der Waals surface area contributed by atoms with Gasteiger partial charge in [-0.25, -0.2) is 0 Å². The Morgan fingerprint density at radius 1 is 1.14 bits per heavy atom. The zero-order valence-electron chi connectivity index (χ0n) is 12.8. The molecule has 0 spiro atoms. The number of rotatable bonds is 4. The number of benzene rings is 2. The fourth-order valence-corrected chi connectivity index (χ4v) is 1.87. The van der Waals surface area contributed by atoms with Gasteiger partial charge in [0.25, 0.3) is 5.91 Å². The molecule has 0 heterocycles. The molecule has 0 saturated heterocycles. The number of hydrogen-bond acceptors (Lipinski definition) is 2. The van der Waals surface area contributed by atoms with E-state index in [9.17, 15) is 4.79 Å². The third-order valence-corrected chi connectivity index (χ3v) is 3.08. The number of aryl methyl sites for hydroxylation is 2. The smallest absolute Gasteiger partial charge is 0.258 e. The lowest BCUT2D eigenvalue weighted by Crippen LogP contribution is -2.29. The van der Waals surface area contributed by atoms with Gasteiger partial charge >= 0.3 is 0 Å². The van der Waals surface area contributed by atoms with E-state index in [0.717, 1.165) is 22.4 Å². The summed E-state index contributed by atoms with van der Waals surface area (Å²) in [7, 11) is 0. The van der Waals surface area contributed by atoms with Gasteiger partial charge in [-0.1, -0.05) is 42.2 Å². The fourth-order valence-electron chi connectivity index (χ4n) is 1.87. The van der Waals surface area contributed by atoms with Crippen molar-refractivity contribution in [3.8, 4) is 17.6 Å². The van der Waals surface area contributed by atoms with Gasteiger partial charge in [0.1, 0.15) is 5.75 Å². The molecule has 2 rings (SSSR count). The highest BCUT2D eigenvalue weighted by molar-refractivity contribution is 5.77. The third-order valence-electron chi connectivity index (χ3n) is 3.08. The first-order chi connectivity index (χ1) is 10.6. The summed E-state index contributed by atoms with van der Waals surface area (Å²) >= 11 is 0. The summed E-state index contributed by atoms with van der Waals surface area (Å²) in [6.07, 6.45) is 0. The van der Waals surface area contributed by atoms with Crippen LogP contribution >= 0.6 is 0 Å². The molecular formula is C19H19NO2. The van der Waals surface area contributed by atoms with Gasteiger partial charge < -0.3 is 10.1 Å². The van der Waals surface area contributed by atoms with Gasteiger partial charge in [0.2, 0.25) is 0 Å². The van der Waals surface area contributed by atoms with E-state index in [1.807, 2.05) is 62.4 Å². The molecule has 3 heteroatoms. The molecule has 0 fully saturated rings. The predicted molar refractivity (Wildman–Crippen MR) is 87.7 cm³/mol. The molecular weight excluding hydrogens is 274 g/mol. The van der Waals surface area contributed by atoms with Crippen LogP contribution in [0.5, 0.6) is 5.75 Å². The maximum Gasteiger partial charge on any atom is 0.258 e. The molecule has 0 atom stereocenters. The predicted octanol–water partition coefficient (Wildman–Crippen LogP) is 2.85. The largest absolute Gasteiger partial charge is 0.483 e. The van der Waals surface area contributed by atoms with Crippen molar-refractivity contribution in [2.45, 2.75) is 13.8 Å². The van der Waals surface area contributed by atoms with Crippen LogP contribution in [0.4, 0.5) is 0 Å². The lowest BCUT2D eigenvalue weighted by atomic mass is 10.1. The second-order valence-corrected chi connectivity index (χ2v) is 5.00. The summed E-state index contributed by atoms with van der Waals surface area (Å²) in [6, 6.07) is 15.6. The minimum absolute atomic E-state index is 0.00267. The van der Waals surface area contributed by atoms with Gasteiger partial charge in [-0.05, 0) is 43.2 Å². The van der Waals surface area contributed by atoms with E-state index in [-0.39, 0.29) is 12.5 Å². The molecule has 2 aromatic carbocycles. The first kappa shape index (κ1) is 15.7. The van der Waals surface area contributed by atoms with Gasteiger partial charge in [-0.3, -0.25) is 4.79 Å². The van der Waals surface area contributed by atoms with Crippen molar-refractivity contribution in [3.63, 3.8) is 0 Å². The molecule has 0 aliphatic rings. The van der Waals surface area contributed by atoms with E-state index in [2.05, 4.69) is 17.2 Å². The number of carbonyl (C=O) groups is 1. The van der Waals surface area contributed by atoms with Crippen molar-refractivity contribution in [1.29, 1.82) is 0 Å². The minimum atomic E-state index is -0.178. The summed E-state index contributed by atoms with van der Waals surface area (Å²) < 4.78 is 5.53. The standard InChI is InChI=1S/C19H19NO2/c1-15-10-11-16(2)18(13-15)22-14-19(21)20-12-6-9-17-7-4-3-5-8-17/h3-5,7-8,10-11,13H,12,14H2,1-2H3,(H,20,21). The van der Waals surface area contributed by atoms with Crippen molar-refractivity contribution in [3.05, 3.63) is 65.2 Å². The van der Waals surface area contributed by atoms with E-state index in [1.165, 1.54) is 0 Å². The summed E-state index contributed by atoms with van der Waals surface area (Å²) in [6.45, 7) is 4.25. The Bertz CT molecular complexity index is 696. The zero-order valence-corrected chi connectivity index (χ0v) is 12.8. The van der Waals surface area contributed by atoms with Crippen LogP contribution in [0.1, 0.15) is 16.7 Å². The number of ether oxygens (including phenoxy) is 1. The molecule has 0 bridgehead atoms. The Labute approximate surface area is 131 Å². The van der Waals surface area contributed by atoms with Crippen LogP contribution in [0.3, 0.4) is 0 Å². The van der Waals surface area contributed by atoms with E-state index in [0.29, 0.717) is 6.54 Å². The Kier molecular flexibility index (Phi) is 5.62. The maximum absolute atomic E-state index is 11.7. The van der Waals surface area contributed by atoms with Crippen molar-refractivity contribution in [2.24, 2.45) is 0 Å². The quantitative estimate of drug-likeness (QED) is 0.880. The summed E-state index contributed by atoms with van der Waals surface area (Å²) in [5, 5.41) is 2.72. The van der Waals surface area contributed by atoms with Gasteiger partial charge in [0.15, 0.2) is 6.61 Å². The van der Waals surface area contributed by atoms with Crippen molar-refractivity contribution in [2.75, 3.05) is 13.2 Å². The third kappa shape index (κ3) is 4.99. The second-order valence-electron chi connectivity index (χ2n) is 5.00. The highest BCUT2D eigenvalue weighted by Gasteiger charge is 2.04. The van der Waals surface area contributed by atoms with E-state index >= 15 is 0 Å². The molecule has 1 N–H and O–H groups in total. The van der Waals surface area contributed by atoms with Crippen LogP contribution in [0.2, 0.25) is 0 Å². The van der Waals surface area contributed by atoms with E-state index < -0.39 is 0 Å². The molecule has 0 radical (unpaired) electrons. The van der Waals surface area contributed by atoms with Gasteiger partial charge in [-0.2, -0.15) is 0 Å². The molecule has 1 amide bonds. The van der Waals surface area contributed by atoms with Gasteiger partial charge in [0, 0.05) is 5.56 Å². The van der Waals surface area contributed by atoms with Gasteiger partial charge in [-0.15, -0.1) is 0 Å². The zero-order chi connectivity index (χ0) is 15.8. The van der Waals surface area contributed by atoms with Crippen molar-refractivity contribution in [1.82, 2.24) is 5.32 Å². The minimum Gasteiger partial charge on any atom is -0.483 e.